The summed E-state index contributed by atoms with van der Waals surface area (Å²) in [7, 11) is 0. The van der Waals surface area contributed by atoms with E-state index in [1.165, 1.54) is 44.9 Å². The number of ether oxygens (including phenoxy) is 2. The fourth-order valence-corrected chi connectivity index (χ4v) is 3.34. The highest BCUT2D eigenvalue weighted by molar-refractivity contribution is 5.86. The minimum atomic E-state index is -0.448. The summed E-state index contributed by atoms with van der Waals surface area (Å²) in [4.78, 5) is 11.4. The average molecular weight is 355 g/mol. The molecule has 25 heavy (non-hydrogen) atoms. The molecule has 0 aliphatic heterocycles. The molecule has 1 aliphatic carbocycles. The first-order valence-corrected chi connectivity index (χ1v) is 10.2. The second kappa shape index (κ2) is 13.3. The maximum absolute atomic E-state index is 11.4. The van der Waals surface area contributed by atoms with E-state index in [9.17, 15) is 9.90 Å². The van der Waals surface area contributed by atoms with E-state index in [4.69, 9.17) is 9.47 Å². The molecule has 146 valence electrons. The van der Waals surface area contributed by atoms with E-state index in [2.05, 4.69) is 13.5 Å². The second-order valence-electron chi connectivity index (χ2n) is 7.51. The van der Waals surface area contributed by atoms with Crippen LogP contribution in [0, 0.1) is 5.92 Å². The van der Waals surface area contributed by atoms with Gasteiger partial charge in [-0.05, 0) is 38.5 Å². The molecule has 0 aromatic rings. The van der Waals surface area contributed by atoms with Crippen molar-refractivity contribution in [1.29, 1.82) is 0 Å². The number of hydrogen-bond acceptors (Lipinski definition) is 4. The highest BCUT2D eigenvalue weighted by Gasteiger charge is 2.30. The molecule has 3 unspecified atom stereocenters. The van der Waals surface area contributed by atoms with E-state index >= 15 is 0 Å². The number of aliphatic hydroxyl groups is 1. The summed E-state index contributed by atoms with van der Waals surface area (Å²) in [5.41, 5.74) is 0.419. The lowest BCUT2D eigenvalue weighted by Crippen LogP contribution is -2.37. The first kappa shape index (κ1) is 22.2. The van der Waals surface area contributed by atoms with Crippen LogP contribution in [0.2, 0.25) is 0 Å². The molecule has 3 atom stereocenters. The Kier molecular flexibility index (Phi) is 11.8. The molecule has 4 heteroatoms. The van der Waals surface area contributed by atoms with Crippen LogP contribution >= 0.6 is 0 Å². The largest absolute Gasteiger partial charge is 0.462 e. The third-order valence-corrected chi connectivity index (χ3v) is 4.99. The molecule has 0 radical (unpaired) electrons. The van der Waals surface area contributed by atoms with Crippen molar-refractivity contribution in [3.05, 3.63) is 12.2 Å². The highest BCUT2D eigenvalue weighted by atomic mass is 16.5. The predicted octanol–water partition coefficient (Wildman–Crippen LogP) is 4.79. The van der Waals surface area contributed by atoms with E-state index in [0.717, 1.165) is 25.9 Å². The topological polar surface area (TPSA) is 55.8 Å². The molecular formula is C21H38O4. The Bertz CT molecular complexity index is 380. The van der Waals surface area contributed by atoms with Crippen LogP contribution in [0.25, 0.3) is 0 Å². The maximum atomic E-state index is 11.4. The summed E-state index contributed by atoms with van der Waals surface area (Å²) in [6.07, 6.45) is 12.2. The molecule has 1 N–H and O–H groups in total. The van der Waals surface area contributed by atoms with Crippen LogP contribution < -0.4 is 0 Å². The molecule has 0 bridgehead atoms. The zero-order valence-electron chi connectivity index (χ0n) is 16.3. The molecule has 1 aliphatic rings. The van der Waals surface area contributed by atoms with Crippen molar-refractivity contribution in [3.63, 3.8) is 0 Å². The molecule has 1 fully saturated rings. The minimum Gasteiger partial charge on any atom is -0.462 e. The fraction of sp³-hybridized carbons (Fsp3) is 0.857. The molecule has 4 nitrogen and oxygen atoms in total. The summed E-state index contributed by atoms with van der Waals surface area (Å²) < 4.78 is 11.1. The third-order valence-electron chi connectivity index (χ3n) is 4.99. The normalized spacial score (nSPS) is 23.4. The van der Waals surface area contributed by atoms with E-state index in [0.29, 0.717) is 18.6 Å². The second-order valence-corrected chi connectivity index (χ2v) is 7.51. The van der Waals surface area contributed by atoms with Gasteiger partial charge in [0.05, 0.1) is 18.8 Å². The maximum Gasteiger partial charge on any atom is 0.333 e. The average Bonchev–Trinajstić information content (AvgIpc) is 2.59. The van der Waals surface area contributed by atoms with E-state index in [1.807, 2.05) is 0 Å². The van der Waals surface area contributed by atoms with Gasteiger partial charge in [0, 0.05) is 12.2 Å². The lowest BCUT2D eigenvalue weighted by Gasteiger charge is -2.32. The van der Waals surface area contributed by atoms with Crippen molar-refractivity contribution in [3.8, 4) is 0 Å². The lowest BCUT2D eigenvalue weighted by molar-refractivity contribution is -0.142. The van der Waals surface area contributed by atoms with Gasteiger partial charge in [0.25, 0.3) is 0 Å². The molecule has 0 amide bonds. The first-order chi connectivity index (χ1) is 12.0. The Morgan fingerprint density at radius 3 is 2.32 bits per heavy atom. The summed E-state index contributed by atoms with van der Waals surface area (Å²) in [6, 6.07) is 0. The smallest absolute Gasteiger partial charge is 0.333 e. The number of esters is 1. The van der Waals surface area contributed by atoms with Gasteiger partial charge >= 0.3 is 5.97 Å². The molecule has 0 spiro atoms. The summed E-state index contributed by atoms with van der Waals surface area (Å²) in [5, 5.41) is 10.3. The number of rotatable bonds is 13. The quantitative estimate of drug-likeness (QED) is 0.293. The molecule has 0 saturated heterocycles. The van der Waals surface area contributed by atoms with Gasteiger partial charge in [0.2, 0.25) is 0 Å². The standard InChI is InChI=1S/C21H38O4/c1-4-5-6-7-8-9-10-11-14-24-20-13-12-18(15-19(20)22)16-25-21(23)17(2)3/h18-20,22H,2,4-16H2,1,3H3. The van der Waals surface area contributed by atoms with Gasteiger partial charge in [0.15, 0.2) is 0 Å². The van der Waals surface area contributed by atoms with Crippen LogP contribution in [0.3, 0.4) is 0 Å². The fourth-order valence-electron chi connectivity index (χ4n) is 3.34. The summed E-state index contributed by atoms with van der Waals surface area (Å²) in [6.45, 7) is 8.58. The van der Waals surface area contributed by atoms with Gasteiger partial charge in [0.1, 0.15) is 0 Å². The van der Waals surface area contributed by atoms with Gasteiger partial charge < -0.3 is 14.6 Å². The number of unbranched alkanes of at least 4 members (excludes halogenated alkanes) is 7. The lowest BCUT2D eigenvalue weighted by atomic mass is 9.86. The van der Waals surface area contributed by atoms with Gasteiger partial charge in [-0.15, -0.1) is 0 Å². The van der Waals surface area contributed by atoms with Crippen molar-refractivity contribution in [2.75, 3.05) is 13.2 Å². The Labute approximate surface area is 154 Å². The van der Waals surface area contributed by atoms with Crippen molar-refractivity contribution in [2.24, 2.45) is 5.92 Å². The van der Waals surface area contributed by atoms with Gasteiger partial charge in [-0.25, -0.2) is 4.79 Å². The van der Waals surface area contributed by atoms with Gasteiger partial charge in [-0.3, -0.25) is 0 Å². The third kappa shape index (κ3) is 10.0. The molecule has 0 aromatic carbocycles. The van der Waals surface area contributed by atoms with E-state index in [-0.39, 0.29) is 18.0 Å². The zero-order chi connectivity index (χ0) is 18.5. The number of carbonyl (C=O) groups is 1. The van der Waals surface area contributed by atoms with E-state index in [1.54, 1.807) is 6.92 Å². The Morgan fingerprint density at radius 1 is 1.08 bits per heavy atom. The Hall–Kier alpha value is -0.870. The van der Waals surface area contributed by atoms with Crippen molar-refractivity contribution in [1.82, 2.24) is 0 Å². The van der Waals surface area contributed by atoms with Crippen LogP contribution in [-0.2, 0) is 14.3 Å². The molecular weight excluding hydrogens is 316 g/mol. The molecule has 1 rings (SSSR count). The molecule has 0 heterocycles. The number of aliphatic hydroxyl groups excluding tert-OH is 1. The van der Waals surface area contributed by atoms with Gasteiger partial charge in [-0.2, -0.15) is 0 Å². The molecule has 1 saturated carbocycles. The van der Waals surface area contributed by atoms with E-state index < -0.39 is 6.10 Å². The minimum absolute atomic E-state index is 0.0577. The van der Waals surface area contributed by atoms with Crippen LogP contribution in [0.1, 0.15) is 84.5 Å². The van der Waals surface area contributed by atoms with Gasteiger partial charge in [-0.1, -0.05) is 58.4 Å². The van der Waals surface area contributed by atoms with Crippen LogP contribution in [0.15, 0.2) is 12.2 Å². The Morgan fingerprint density at radius 2 is 1.72 bits per heavy atom. The summed E-state index contributed by atoms with van der Waals surface area (Å²) in [5.74, 6) is -0.121. The van der Waals surface area contributed by atoms with Crippen molar-refractivity contribution >= 4 is 5.97 Å². The first-order valence-electron chi connectivity index (χ1n) is 10.2. The zero-order valence-corrected chi connectivity index (χ0v) is 16.3. The van der Waals surface area contributed by atoms with Crippen molar-refractivity contribution < 1.29 is 19.4 Å². The summed E-state index contributed by atoms with van der Waals surface area (Å²) >= 11 is 0. The van der Waals surface area contributed by atoms with Crippen LogP contribution in [0.4, 0.5) is 0 Å². The SMILES string of the molecule is C=C(C)C(=O)OCC1CCC(OCCCCCCCCCC)C(O)C1. The highest BCUT2D eigenvalue weighted by Crippen LogP contribution is 2.27. The van der Waals surface area contributed by atoms with Crippen LogP contribution in [0.5, 0.6) is 0 Å². The Balaban J connectivity index is 2.04. The molecule has 0 aromatic heterocycles. The van der Waals surface area contributed by atoms with Crippen LogP contribution in [-0.4, -0.2) is 36.5 Å². The predicted molar refractivity (Wildman–Crippen MR) is 101 cm³/mol. The number of carbonyl (C=O) groups excluding carboxylic acids is 1. The number of hydrogen-bond donors (Lipinski definition) is 1. The monoisotopic (exact) mass is 354 g/mol. The van der Waals surface area contributed by atoms with Crippen molar-refractivity contribution in [2.45, 2.75) is 96.7 Å².